The van der Waals surface area contributed by atoms with Crippen LogP contribution in [0, 0.1) is 0 Å². The standard InChI is InChI=1S/C15H19N3O5S/c19-14(12-2-1-3-13(17-12)15(20)21)16-10-6-8-18(9-7-10)24(22,23)11-4-5-11/h1-3,10-11H,4-9H2,(H,16,19)(H,20,21). The number of hydrogen-bond acceptors (Lipinski definition) is 5. The third-order valence-electron chi connectivity index (χ3n) is 4.30. The van der Waals surface area contributed by atoms with Crippen molar-refractivity contribution in [2.24, 2.45) is 0 Å². The van der Waals surface area contributed by atoms with Gasteiger partial charge in [0.15, 0.2) is 0 Å². The Kier molecular flexibility index (Phi) is 4.55. The molecule has 0 unspecified atom stereocenters. The van der Waals surface area contributed by atoms with Crippen LogP contribution in [-0.4, -0.2) is 59.1 Å². The lowest BCUT2D eigenvalue weighted by atomic mass is 10.1. The van der Waals surface area contributed by atoms with Crippen LogP contribution in [0.3, 0.4) is 0 Å². The van der Waals surface area contributed by atoms with Gasteiger partial charge in [-0.3, -0.25) is 4.79 Å². The number of aromatic carboxylic acids is 1. The number of aromatic nitrogens is 1. The highest BCUT2D eigenvalue weighted by molar-refractivity contribution is 7.90. The summed E-state index contributed by atoms with van der Waals surface area (Å²) in [5, 5.41) is 11.5. The van der Waals surface area contributed by atoms with Gasteiger partial charge < -0.3 is 10.4 Å². The summed E-state index contributed by atoms with van der Waals surface area (Å²) in [6.45, 7) is 0.790. The number of pyridine rings is 1. The fraction of sp³-hybridized carbons (Fsp3) is 0.533. The molecule has 9 heteroatoms. The van der Waals surface area contributed by atoms with E-state index in [0.29, 0.717) is 25.9 Å². The average Bonchev–Trinajstić information content (AvgIpc) is 3.41. The lowest BCUT2D eigenvalue weighted by Crippen LogP contribution is -2.47. The first kappa shape index (κ1) is 16.8. The lowest BCUT2D eigenvalue weighted by Gasteiger charge is -2.31. The summed E-state index contributed by atoms with van der Waals surface area (Å²) < 4.78 is 25.9. The molecule has 24 heavy (non-hydrogen) atoms. The minimum Gasteiger partial charge on any atom is -0.477 e. The van der Waals surface area contributed by atoms with Gasteiger partial charge in [-0.25, -0.2) is 22.5 Å². The molecule has 2 aliphatic rings. The molecule has 3 rings (SSSR count). The Balaban J connectivity index is 1.57. The molecular weight excluding hydrogens is 334 g/mol. The first-order chi connectivity index (χ1) is 11.4. The molecule has 130 valence electrons. The zero-order valence-corrected chi connectivity index (χ0v) is 13.8. The number of carbonyl (C=O) groups excluding carboxylic acids is 1. The highest BCUT2D eigenvalue weighted by atomic mass is 32.2. The van der Waals surface area contributed by atoms with E-state index in [1.165, 1.54) is 22.5 Å². The number of nitrogens with zero attached hydrogens (tertiary/aromatic N) is 2. The molecule has 0 spiro atoms. The molecule has 1 aliphatic carbocycles. The van der Waals surface area contributed by atoms with Crippen molar-refractivity contribution in [3.63, 3.8) is 0 Å². The van der Waals surface area contributed by atoms with Gasteiger partial charge in [0.25, 0.3) is 5.91 Å². The predicted molar refractivity (Wildman–Crippen MR) is 85.2 cm³/mol. The minimum absolute atomic E-state index is 0.0444. The Bertz CT molecular complexity index is 752. The van der Waals surface area contributed by atoms with Gasteiger partial charge in [-0.15, -0.1) is 0 Å². The summed E-state index contributed by atoms with van der Waals surface area (Å²) >= 11 is 0. The van der Waals surface area contributed by atoms with Crippen LogP contribution in [0.25, 0.3) is 0 Å². The topological polar surface area (TPSA) is 117 Å². The lowest BCUT2D eigenvalue weighted by molar-refractivity contribution is 0.0690. The van der Waals surface area contributed by atoms with Crippen LogP contribution in [0.1, 0.15) is 46.7 Å². The summed E-state index contributed by atoms with van der Waals surface area (Å²) in [7, 11) is -3.17. The summed E-state index contributed by atoms with van der Waals surface area (Å²) in [4.78, 5) is 26.9. The van der Waals surface area contributed by atoms with Crippen molar-refractivity contribution in [2.75, 3.05) is 13.1 Å². The van der Waals surface area contributed by atoms with Crippen molar-refractivity contribution >= 4 is 21.9 Å². The quantitative estimate of drug-likeness (QED) is 0.794. The highest BCUT2D eigenvalue weighted by Gasteiger charge is 2.41. The third kappa shape index (κ3) is 3.57. The van der Waals surface area contributed by atoms with Gasteiger partial charge >= 0.3 is 5.97 Å². The van der Waals surface area contributed by atoms with E-state index in [1.807, 2.05) is 0 Å². The fourth-order valence-electron chi connectivity index (χ4n) is 2.77. The Hall–Kier alpha value is -2.00. The van der Waals surface area contributed by atoms with E-state index in [0.717, 1.165) is 12.8 Å². The molecule has 1 amide bonds. The van der Waals surface area contributed by atoms with Crippen LogP contribution >= 0.6 is 0 Å². The second-order valence-corrected chi connectivity index (χ2v) is 8.32. The number of hydrogen-bond donors (Lipinski definition) is 2. The molecule has 2 heterocycles. The SMILES string of the molecule is O=C(O)c1cccc(C(=O)NC2CCN(S(=O)(=O)C3CC3)CC2)n1. The largest absolute Gasteiger partial charge is 0.477 e. The Morgan fingerprint density at radius 1 is 1.12 bits per heavy atom. The van der Waals surface area contributed by atoms with E-state index in [-0.39, 0.29) is 22.7 Å². The zero-order chi connectivity index (χ0) is 17.3. The molecule has 1 saturated heterocycles. The second kappa shape index (κ2) is 6.48. The third-order valence-corrected chi connectivity index (χ3v) is 6.69. The molecule has 0 bridgehead atoms. The summed E-state index contributed by atoms with van der Waals surface area (Å²) in [5.41, 5.74) is -0.143. The van der Waals surface area contributed by atoms with Gasteiger partial charge in [0.2, 0.25) is 10.0 Å². The molecule has 8 nitrogen and oxygen atoms in total. The number of carboxylic acids is 1. The van der Waals surface area contributed by atoms with E-state index < -0.39 is 21.9 Å². The monoisotopic (exact) mass is 353 g/mol. The van der Waals surface area contributed by atoms with Crippen LogP contribution < -0.4 is 5.32 Å². The first-order valence-corrected chi connectivity index (χ1v) is 9.38. The van der Waals surface area contributed by atoms with Crippen molar-refractivity contribution < 1.29 is 23.1 Å². The second-order valence-electron chi connectivity index (χ2n) is 6.10. The van der Waals surface area contributed by atoms with Gasteiger partial charge in [-0.05, 0) is 37.8 Å². The van der Waals surface area contributed by atoms with Crippen LogP contribution in [-0.2, 0) is 10.0 Å². The van der Waals surface area contributed by atoms with Crippen molar-refractivity contribution in [2.45, 2.75) is 37.0 Å². The summed E-state index contributed by atoms with van der Waals surface area (Å²) in [5.74, 6) is -1.63. The van der Waals surface area contributed by atoms with Crippen LogP contribution in [0.5, 0.6) is 0 Å². The smallest absolute Gasteiger partial charge is 0.354 e. The molecule has 1 aliphatic heterocycles. The van der Waals surface area contributed by atoms with Crippen molar-refractivity contribution in [1.29, 1.82) is 0 Å². The van der Waals surface area contributed by atoms with Crippen molar-refractivity contribution in [1.82, 2.24) is 14.6 Å². The van der Waals surface area contributed by atoms with Gasteiger partial charge in [-0.2, -0.15) is 0 Å². The normalized spacial score (nSPS) is 19.8. The van der Waals surface area contributed by atoms with Crippen LogP contribution in [0.4, 0.5) is 0 Å². The van der Waals surface area contributed by atoms with Crippen LogP contribution in [0.15, 0.2) is 18.2 Å². The molecule has 2 fully saturated rings. The van der Waals surface area contributed by atoms with Crippen LogP contribution in [0.2, 0.25) is 0 Å². The molecule has 2 N–H and O–H groups in total. The fourth-order valence-corrected chi connectivity index (χ4v) is 4.64. The number of sulfonamides is 1. The number of carboxylic acid groups (broad SMARTS) is 1. The maximum Gasteiger partial charge on any atom is 0.354 e. The Morgan fingerprint density at radius 3 is 2.33 bits per heavy atom. The molecule has 0 aromatic carbocycles. The maximum atomic E-state index is 12.2. The van der Waals surface area contributed by atoms with E-state index in [1.54, 1.807) is 0 Å². The van der Waals surface area contributed by atoms with E-state index in [2.05, 4.69) is 10.3 Å². The molecule has 1 aromatic rings. The molecule has 1 aromatic heterocycles. The summed E-state index contributed by atoms with van der Waals surface area (Å²) in [6.07, 6.45) is 2.56. The van der Waals surface area contributed by atoms with E-state index >= 15 is 0 Å². The van der Waals surface area contributed by atoms with E-state index in [4.69, 9.17) is 5.11 Å². The van der Waals surface area contributed by atoms with Crippen molar-refractivity contribution in [3.05, 3.63) is 29.6 Å². The summed E-state index contributed by atoms with van der Waals surface area (Å²) in [6, 6.07) is 4.10. The first-order valence-electron chi connectivity index (χ1n) is 7.88. The molecule has 1 saturated carbocycles. The molecular formula is C15H19N3O5S. The number of nitrogens with one attached hydrogen (secondary N) is 1. The number of piperidine rings is 1. The van der Waals surface area contributed by atoms with Gasteiger partial charge in [0.1, 0.15) is 11.4 Å². The Labute approximate surface area is 139 Å². The van der Waals surface area contributed by atoms with Gasteiger partial charge in [0, 0.05) is 19.1 Å². The maximum absolute atomic E-state index is 12.2. The predicted octanol–water partition coefficient (Wildman–Crippen LogP) is 0.466. The molecule has 0 atom stereocenters. The van der Waals surface area contributed by atoms with E-state index in [9.17, 15) is 18.0 Å². The Morgan fingerprint density at radius 2 is 1.75 bits per heavy atom. The van der Waals surface area contributed by atoms with Gasteiger partial charge in [0.05, 0.1) is 5.25 Å². The van der Waals surface area contributed by atoms with Gasteiger partial charge in [-0.1, -0.05) is 6.07 Å². The highest BCUT2D eigenvalue weighted by Crippen LogP contribution is 2.32. The number of amides is 1. The molecule has 0 radical (unpaired) electrons. The number of rotatable bonds is 5. The zero-order valence-electron chi connectivity index (χ0n) is 13.0. The minimum atomic E-state index is -3.17. The van der Waals surface area contributed by atoms with Crippen molar-refractivity contribution in [3.8, 4) is 0 Å². The number of carbonyl (C=O) groups is 2. The average molecular weight is 353 g/mol.